The molecule has 1 N–H and O–H groups in total. The summed E-state index contributed by atoms with van der Waals surface area (Å²) in [6, 6.07) is 18.2. The van der Waals surface area contributed by atoms with Crippen molar-refractivity contribution in [1.82, 2.24) is 4.98 Å². The molecule has 0 aliphatic carbocycles. The molecule has 0 aliphatic heterocycles. The lowest BCUT2D eigenvalue weighted by atomic mass is 9.79. The van der Waals surface area contributed by atoms with Gasteiger partial charge in [0.25, 0.3) is 0 Å². The van der Waals surface area contributed by atoms with Crippen molar-refractivity contribution in [2.45, 2.75) is 51.4 Å². The van der Waals surface area contributed by atoms with E-state index in [9.17, 15) is 4.79 Å². The summed E-state index contributed by atoms with van der Waals surface area (Å²) >= 11 is 0. The van der Waals surface area contributed by atoms with E-state index in [1.165, 1.54) is 18.4 Å². The van der Waals surface area contributed by atoms with E-state index >= 15 is 0 Å². The number of benzene rings is 2. The van der Waals surface area contributed by atoms with Crippen molar-refractivity contribution < 1.29 is 4.79 Å². The Morgan fingerprint density at radius 1 is 1.17 bits per heavy atom. The molecule has 1 amide bonds. The summed E-state index contributed by atoms with van der Waals surface area (Å²) in [6.07, 6.45) is 6.96. The zero-order valence-electron chi connectivity index (χ0n) is 17.6. The number of anilines is 1. The quantitative estimate of drug-likeness (QED) is 0.443. The van der Waals surface area contributed by atoms with Gasteiger partial charge in [0.1, 0.15) is 0 Å². The predicted octanol–water partition coefficient (Wildman–Crippen LogP) is 6.61. The average molecular weight is 387 g/mol. The average Bonchev–Trinajstić information content (AvgIpc) is 2.73. The summed E-state index contributed by atoms with van der Waals surface area (Å²) < 4.78 is 0. The largest absolute Gasteiger partial charge is 0.324 e. The fraction of sp³-hybridized carbons (Fsp3) is 0.308. The summed E-state index contributed by atoms with van der Waals surface area (Å²) in [6.45, 7) is 10.7. The van der Waals surface area contributed by atoms with Crippen LogP contribution < -0.4 is 5.32 Å². The SMILES string of the molecule is C=CC(C(=O)Nc1cnc2ccccc2c1)c1ccc(C(C)(C)CCCC)cc1. The number of hydrogen-bond donors (Lipinski definition) is 1. The Balaban J connectivity index is 1.75. The van der Waals surface area contributed by atoms with Crippen LogP contribution in [0.1, 0.15) is 57.1 Å². The molecule has 3 rings (SSSR count). The minimum atomic E-state index is -0.408. The highest BCUT2D eigenvalue weighted by Gasteiger charge is 2.22. The minimum absolute atomic E-state index is 0.102. The van der Waals surface area contributed by atoms with E-state index in [-0.39, 0.29) is 11.3 Å². The van der Waals surface area contributed by atoms with Crippen LogP contribution in [-0.2, 0) is 10.2 Å². The first-order valence-corrected chi connectivity index (χ1v) is 10.3. The van der Waals surface area contributed by atoms with Crippen molar-refractivity contribution in [3.05, 3.63) is 84.6 Å². The van der Waals surface area contributed by atoms with E-state index in [4.69, 9.17) is 0 Å². The number of nitrogens with one attached hydrogen (secondary N) is 1. The number of hydrogen-bond acceptors (Lipinski definition) is 2. The highest BCUT2D eigenvalue weighted by molar-refractivity contribution is 5.98. The highest BCUT2D eigenvalue weighted by Crippen LogP contribution is 2.30. The van der Waals surface area contributed by atoms with Crippen LogP contribution in [0.25, 0.3) is 10.9 Å². The third kappa shape index (κ3) is 4.92. The third-order valence-corrected chi connectivity index (χ3v) is 5.58. The van der Waals surface area contributed by atoms with Crippen LogP contribution in [0.3, 0.4) is 0 Å². The molecule has 0 saturated heterocycles. The van der Waals surface area contributed by atoms with Crippen LogP contribution in [0, 0.1) is 0 Å². The first-order valence-electron chi connectivity index (χ1n) is 10.3. The molecule has 0 saturated carbocycles. The van der Waals surface area contributed by atoms with E-state index in [2.05, 4.69) is 49.8 Å². The fourth-order valence-electron chi connectivity index (χ4n) is 3.66. The summed E-state index contributed by atoms with van der Waals surface area (Å²) in [4.78, 5) is 17.3. The monoisotopic (exact) mass is 386 g/mol. The molecule has 0 spiro atoms. The Hall–Kier alpha value is -2.94. The van der Waals surface area contributed by atoms with Crippen LogP contribution in [0.4, 0.5) is 5.69 Å². The van der Waals surface area contributed by atoms with Crippen molar-refractivity contribution in [3.63, 3.8) is 0 Å². The molecule has 0 radical (unpaired) electrons. The van der Waals surface area contributed by atoms with Gasteiger partial charge >= 0.3 is 0 Å². The molecule has 3 heteroatoms. The van der Waals surface area contributed by atoms with Gasteiger partial charge in [-0.1, -0.05) is 82.2 Å². The van der Waals surface area contributed by atoms with Gasteiger partial charge in [-0.05, 0) is 35.1 Å². The number of carbonyl (C=O) groups excluding carboxylic acids is 1. The second-order valence-corrected chi connectivity index (χ2v) is 8.23. The molecule has 3 aromatic rings. The van der Waals surface area contributed by atoms with Crippen molar-refractivity contribution >= 4 is 22.5 Å². The van der Waals surface area contributed by atoms with Crippen molar-refractivity contribution in [3.8, 4) is 0 Å². The number of pyridine rings is 1. The lowest BCUT2D eigenvalue weighted by molar-refractivity contribution is -0.116. The lowest BCUT2D eigenvalue weighted by Crippen LogP contribution is -2.20. The van der Waals surface area contributed by atoms with E-state index < -0.39 is 5.92 Å². The Morgan fingerprint density at radius 2 is 1.90 bits per heavy atom. The highest BCUT2D eigenvalue weighted by atomic mass is 16.1. The summed E-state index contributed by atoms with van der Waals surface area (Å²) in [5.74, 6) is -0.510. The Bertz CT molecular complexity index is 989. The Kier molecular flexibility index (Phi) is 6.48. The van der Waals surface area contributed by atoms with Gasteiger partial charge in [0.15, 0.2) is 0 Å². The van der Waals surface area contributed by atoms with Crippen LogP contribution >= 0.6 is 0 Å². The number of aromatic nitrogens is 1. The molecular formula is C26H30N2O. The molecular weight excluding hydrogens is 356 g/mol. The zero-order chi connectivity index (χ0) is 20.9. The standard InChI is InChI=1S/C26H30N2O/c1-5-7-16-26(3,4)21-14-12-19(13-15-21)23(6-2)25(29)28-22-17-20-10-8-9-11-24(20)27-18-22/h6,8-15,17-18,23H,2,5,7,16H2,1,3-4H3,(H,28,29). The van der Waals surface area contributed by atoms with Crippen molar-refractivity contribution in [1.29, 1.82) is 0 Å². The molecule has 1 heterocycles. The first kappa shape index (κ1) is 20.8. The van der Waals surface area contributed by atoms with Gasteiger partial charge in [-0.3, -0.25) is 9.78 Å². The normalized spacial score (nSPS) is 12.5. The maximum atomic E-state index is 12.9. The summed E-state index contributed by atoms with van der Waals surface area (Å²) in [5.41, 5.74) is 3.99. The topological polar surface area (TPSA) is 42.0 Å². The Morgan fingerprint density at radius 3 is 2.59 bits per heavy atom. The molecule has 0 bridgehead atoms. The van der Waals surface area contributed by atoms with E-state index in [0.717, 1.165) is 22.9 Å². The third-order valence-electron chi connectivity index (χ3n) is 5.58. The second-order valence-electron chi connectivity index (χ2n) is 8.23. The molecule has 1 unspecified atom stereocenters. The van der Waals surface area contributed by atoms with Gasteiger partial charge in [0.05, 0.1) is 23.3 Å². The number of fused-ring (bicyclic) bond motifs is 1. The number of amides is 1. The van der Waals surface area contributed by atoms with Crippen LogP contribution in [0.5, 0.6) is 0 Å². The maximum Gasteiger partial charge on any atom is 0.235 e. The molecule has 0 fully saturated rings. The molecule has 150 valence electrons. The second kappa shape index (κ2) is 9.04. The van der Waals surface area contributed by atoms with Gasteiger partial charge in [0, 0.05) is 5.39 Å². The Labute approximate surface area is 173 Å². The van der Waals surface area contributed by atoms with Crippen LogP contribution in [-0.4, -0.2) is 10.9 Å². The number of carbonyl (C=O) groups is 1. The van der Waals surface area contributed by atoms with Gasteiger partial charge < -0.3 is 5.32 Å². The molecule has 29 heavy (non-hydrogen) atoms. The van der Waals surface area contributed by atoms with Crippen LogP contribution in [0.15, 0.2) is 73.4 Å². The zero-order valence-corrected chi connectivity index (χ0v) is 17.6. The van der Waals surface area contributed by atoms with Gasteiger partial charge in [-0.2, -0.15) is 0 Å². The predicted molar refractivity (Wildman–Crippen MR) is 122 cm³/mol. The number of nitrogens with zero attached hydrogens (tertiary/aromatic N) is 1. The summed E-state index contributed by atoms with van der Waals surface area (Å²) in [5, 5.41) is 3.98. The van der Waals surface area contributed by atoms with Gasteiger partial charge in [-0.25, -0.2) is 0 Å². The fourth-order valence-corrected chi connectivity index (χ4v) is 3.66. The lowest BCUT2D eigenvalue weighted by Gasteiger charge is -2.26. The van der Waals surface area contributed by atoms with Crippen molar-refractivity contribution in [2.24, 2.45) is 0 Å². The first-order chi connectivity index (χ1) is 13.9. The molecule has 2 aromatic carbocycles. The molecule has 1 atom stereocenters. The van der Waals surface area contributed by atoms with Gasteiger partial charge in [-0.15, -0.1) is 6.58 Å². The molecule has 1 aromatic heterocycles. The minimum Gasteiger partial charge on any atom is -0.324 e. The van der Waals surface area contributed by atoms with E-state index in [1.807, 2.05) is 42.5 Å². The molecule has 0 aliphatic rings. The number of para-hydroxylation sites is 1. The summed E-state index contributed by atoms with van der Waals surface area (Å²) in [7, 11) is 0. The smallest absolute Gasteiger partial charge is 0.235 e. The van der Waals surface area contributed by atoms with E-state index in [0.29, 0.717) is 5.69 Å². The van der Waals surface area contributed by atoms with Crippen LogP contribution in [0.2, 0.25) is 0 Å². The van der Waals surface area contributed by atoms with Gasteiger partial charge in [0.2, 0.25) is 5.91 Å². The number of unbranched alkanes of at least 4 members (excludes halogenated alkanes) is 1. The maximum absolute atomic E-state index is 12.9. The molecule has 3 nitrogen and oxygen atoms in total. The number of rotatable bonds is 8. The van der Waals surface area contributed by atoms with E-state index in [1.54, 1.807) is 12.3 Å². The van der Waals surface area contributed by atoms with Crippen molar-refractivity contribution in [2.75, 3.05) is 5.32 Å².